The number of benzene rings is 2. The lowest BCUT2D eigenvalue weighted by Crippen LogP contribution is -2.50. The van der Waals surface area contributed by atoms with E-state index in [4.69, 9.17) is 14.2 Å². The van der Waals surface area contributed by atoms with Crippen LogP contribution in [0.25, 0.3) is 0 Å². The molecular formula is C36H47N3O7. The molecule has 10 heteroatoms. The van der Waals surface area contributed by atoms with Crippen molar-refractivity contribution in [3.05, 3.63) is 70.3 Å². The van der Waals surface area contributed by atoms with Gasteiger partial charge in [0, 0.05) is 18.9 Å². The number of carbonyl (C=O) groups excluding carboxylic acids is 4. The first-order chi connectivity index (χ1) is 21.6. The maximum Gasteiger partial charge on any atom is 0.411 e. The van der Waals surface area contributed by atoms with Crippen LogP contribution in [0.4, 0.5) is 9.59 Å². The minimum atomic E-state index is -0.801. The summed E-state index contributed by atoms with van der Waals surface area (Å²) in [4.78, 5) is 56.2. The van der Waals surface area contributed by atoms with E-state index < -0.39 is 41.4 Å². The van der Waals surface area contributed by atoms with Gasteiger partial charge < -0.3 is 19.5 Å². The molecule has 1 fully saturated rings. The summed E-state index contributed by atoms with van der Waals surface area (Å²) in [5.74, 6) is -0.829. The number of ether oxygens (including phenoxy) is 3. The summed E-state index contributed by atoms with van der Waals surface area (Å²) in [5, 5.41) is 3.25. The van der Waals surface area contributed by atoms with E-state index in [0.29, 0.717) is 19.4 Å². The smallest absolute Gasteiger partial charge is 0.411 e. The fraction of sp³-hybridized carbons (Fsp3) is 0.556. The first-order valence-electron chi connectivity index (χ1n) is 16.2. The van der Waals surface area contributed by atoms with Gasteiger partial charge in [0.1, 0.15) is 23.3 Å². The Morgan fingerprint density at radius 1 is 0.826 bits per heavy atom. The van der Waals surface area contributed by atoms with Gasteiger partial charge in [-0.2, -0.15) is 0 Å². The molecule has 2 aromatic rings. The molecular weight excluding hydrogens is 586 g/mol. The standard InChI is InChI=1S/C36H47N3O7/c1-35(2,3)45-33(42)38-21-26(19-29(38)31(40)37-28-14-10-12-22-11-8-9-13-27(22)28)23-15-16-24-18-30(32(41)44-7)39(20-25(24)17-23)34(43)46-36(4,5)6/h8-9,11,13,15-17,26,28-30H,10,12,14,18-21H2,1-7H3,(H,37,40)/t26-,28+,29-,30?/m0/s1. The molecule has 248 valence electrons. The molecule has 1 saturated heterocycles. The fourth-order valence-corrected chi connectivity index (χ4v) is 6.74. The highest BCUT2D eigenvalue weighted by Crippen LogP contribution is 2.37. The van der Waals surface area contributed by atoms with Crippen LogP contribution in [0.5, 0.6) is 0 Å². The normalized spacial score (nSPS) is 22.8. The topological polar surface area (TPSA) is 114 Å². The number of carbonyl (C=O) groups is 4. The zero-order chi connectivity index (χ0) is 33.4. The molecule has 3 aliphatic rings. The second-order valence-electron chi connectivity index (χ2n) is 14.6. The van der Waals surface area contributed by atoms with Crippen molar-refractivity contribution >= 4 is 24.1 Å². The van der Waals surface area contributed by atoms with Gasteiger partial charge >= 0.3 is 18.2 Å². The summed E-state index contributed by atoms with van der Waals surface area (Å²) in [5.41, 5.74) is 3.71. The third-order valence-corrected chi connectivity index (χ3v) is 8.85. The molecule has 0 bridgehead atoms. The summed E-state index contributed by atoms with van der Waals surface area (Å²) in [6, 6.07) is 12.6. The van der Waals surface area contributed by atoms with Crippen molar-refractivity contribution in [3.8, 4) is 0 Å². The van der Waals surface area contributed by atoms with E-state index in [1.807, 2.05) is 51.1 Å². The van der Waals surface area contributed by atoms with E-state index in [0.717, 1.165) is 41.5 Å². The van der Waals surface area contributed by atoms with E-state index in [2.05, 4.69) is 17.4 Å². The van der Waals surface area contributed by atoms with Crippen molar-refractivity contribution in [3.63, 3.8) is 0 Å². The Labute approximate surface area is 271 Å². The molecule has 10 nitrogen and oxygen atoms in total. The van der Waals surface area contributed by atoms with Gasteiger partial charge in [0.05, 0.1) is 19.7 Å². The summed E-state index contributed by atoms with van der Waals surface area (Å²) < 4.78 is 16.4. The second kappa shape index (κ2) is 13.0. The lowest BCUT2D eigenvalue weighted by molar-refractivity contribution is -0.147. The van der Waals surface area contributed by atoms with Gasteiger partial charge in [-0.3, -0.25) is 14.6 Å². The van der Waals surface area contributed by atoms with Crippen molar-refractivity contribution in [2.75, 3.05) is 13.7 Å². The molecule has 1 aliphatic carbocycles. The number of likely N-dealkylation sites (tertiary alicyclic amines) is 1. The van der Waals surface area contributed by atoms with Gasteiger partial charge in [-0.15, -0.1) is 0 Å². The van der Waals surface area contributed by atoms with Crippen molar-refractivity contribution in [2.45, 2.75) is 115 Å². The van der Waals surface area contributed by atoms with Crippen LogP contribution in [0.15, 0.2) is 42.5 Å². The van der Waals surface area contributed by atoms with Gasteiger partial charge in [0.2, 0.25) is 5.91 Å². The van der Waals surface area contributed by atoms with Crippen LogP contribution in [0.3, 0.4) is 0 Å². The highest BCUT2D eigenvalue weighted by molar-refractivity contribution is 5.87. The number of fused-ring (bicyclic) bond motifs is 2. The first-order valence-corrected chi connectivity index (χ1v) is 16.2. The average Bonchev–Trinajstić information content (AvgIpc) is 3.44. The third kappa shape index (κ3) is 7.48. The van der Waals surface area contributed by atoms with E-state index in [9.17, 15) is 19.2 Å². The molecule has 0 radical (unpaired) electrons. The monoisotopic (exact) mass is 633 g/mol. The van der Waals surface area contributed by atoms with Crippen LogP contribution in [0.2, 0.25) is 0 Å². The Balaban J connectivity index is 1.40. The number of methoxy groups -OCH3 is 1. The summed E-state index contributed by atoms with van der Waals surface area (Å²) in [6.45, 7) is 11.3. The molecule has 0 spiro atoms. The molecule has 2 aliphatic heterocycles. The van der Waals surface area contributed by atoms with E-state index in [1.54, 1.807) is 25.7 Å². The van der Waals surface area contributed by atoms with Gasteiger partial charge in [-0.05, 0) is 95.0 Å². The highest BCUT2D eigenvalue weighted by atomic mass is 16.6. The quantitative estimate of drug-likeness (QED) is 0.334. The Hall–Kier alpha value is -4.08. The SMILES string of the molecule is COC(=O)C1Cc2ccc([C@H]3C[C@@H](C(=O)N[C@@H]4CCCc5ccccc54)N(C(=O)OC(C)(C)C)C3)cc2CN1C(=O)OC(C)(C)C. The molecule has 46 heavy (non-hydrogen) atoms. The molecule has 3 amide bonds. The fourth-order valence-electron chi connectivity index (χ4n) is 6.74. The van der Waals surface area contributed by atoms with Crippen molar-refractivity contribution in [2.24, 2.45) is 0 Å². The maximum atomic E-state index is 13.9. The van der Waals surface area contributed by atoms with Crippen LogP contribution in [-0.2, 0) is 43.2 Å². The van der Waals surface area contributed by atoms with Crippen LogP contribution in [0.1, 0.15) is 101 Å². The number of aryl methyl sites for hydroxylation is 1. The lowest BCUT2D eigenvalue weighted by Gasteiger charge is -2.36. The summed E-state index contributed by atoms with van der Waals surface area (Å²) in [7, 11) is 1.31. The molecule has 2 aromatic carbocycles. The van der Waals surface area contributed by atoms with E-state index in [-0.39, 0.29) is 24.4 Å². The highest BCUT2D eigenvalue weighted by Gasteiger charge is 2.44. The Bertz CT molecular complexity index is 1490. The predicted molar refractivity (Wildman–Crippen MR) is 172 cm³/mol. The van der Waals surface area contributed by atoms with Crippen molar-refractivity contribution in [1.82, 2.24) is 15.1 Å². The largest absolute Gasteiger partial charge is 0.467 e. The van der Waals surface area contributed by atoms with Crippen LogP contribution in [0, 0.1) is 0 Å². The maximum absolute atomic E-state index is 13.9. The Kier molecular flexibility index (Phi) is 9.38. The zero-order valence-electron chi connectivity index (χ0n) is 28.1. The number of amides is 3. The van der Waals surface area contributed by atoms with Gasteiger partial charge in [-0.25, -0.2) is 14.4 Å². The minimum absolute atomic E-state index is 0.109. The van der Waals surface area contributed by atoms with Gasteiger partial charge in [0.15, 0.2) is 0 Å². The first kappa shape index (κ1) is 33.3. The number of hydrogen-bond acceptors (Lipinski definition) is 7. The van der Waals surface area contributed by atoms with Crippen LogP contribution >= 0.6 is 0 Å². The molecule has 0 saturated carbocycles. The van der Waals surface area contributed by atoms with Crippen LogP contribution in [-0.4, -0.2) is 70.8 Å². The Morgan fingerprint density at radius 3 is 2.17 bits per heavy atom. The number of rotatable bonds is 4. The lowest BCUT2D eigenvalue weighted by atomic mass is 9.87. The third-order valence-electron chi connectivity index (χ3n) is 8.85. The van der Waals surface area contributed by atoms with Gasteiger partial charge in [-0.1, -0.05) is 42.5 Å². The molecule has 4 atom stereocenters. The van der Waals surface area contributed by atoms with Crippen molar-refractivity contribution in [1.29, 1.82) is 0 Å². The minimum Gasteiger partial charge on any atom is -0.467 e. The number of nitrogens with one attached hydrogen (secondary N) is 1. The van der Waals surface area contributed by atoms with E-state index in [1.165, 1.54) is 17.6 Å². The van der Waals surface area contributed by atoms with Crippen molar-refractivity contribution < 1.29 is 33.4 Å². The average molecular weight is 634 g/mol. The Morgan fingerprint density at radius 2 is 1.50 bits per heavy atom. The zero-order valence-corrected chi connectivity index (χ0v) is 28.1. The molecule has 0 aromatic heterocycles. The number of nitrogens with zero attached hydrogens (tertiary/aromatic N) is 2. The summed E-state index contributed by atoms with van der Waals surface area (Å²) in [6.07, 6.45) is 2.44. The molecule has 1 unspecified atom stereocenters. The number of esters is 1. The summed E-state index contributed by atoms with van der Waals surface area (Å²) >= 11 is 0. The predicted octanol–water partition coefficient (Wildman–Crippen LogP) is 5.81. The van der Waals surface area contributed by atoms with Crippen LogP contribution < -0.4 is 5.32 Å². The van der Waals surface area contributed by atoms with Gasteiger partial charge in [0.25, 0.3) is 0 Å². The number of hydrogen-bond donors (Lipinski definition) is 1. The molecule has 5 rings (SSSR count). The molecule has 2 heterocycles. The molecule has 1 N–H and O–H groups in total. The van der Waals surface area contributed by atoms with E-state index >= 15 is 0 Å². The second-order valence-corrected chi connectivity index (χ2v) is 14.6.